The monoisotopic (exact) mass is 620 g/mol. The van der Waals surface area contributed by atoms with Crippen molar-refractivity contribution in [2.24, 2.45) is 0 Å². The van der Waals surface area contributed by atoms with E-state index in [2.05, 4.69) is 5.32 Å². The minimum Gasteiger partial charge on any atom is -0.495 e. The van der Waals surface area contributed by atoms with Crippen LogP contribution in [0.3, 0.4) is 0 Å². The molecule has 1 aliphatic heterocycles. The van der Waals surface area contributed by atoms with E-state index >= 15 is 0 Å². The Morgan fingerprint density at radius 3 is 2.36 bits per heavy atom. The third kappa shape index (κ3) is 7.18. The number of benzene rings is 3. The molecule has 3 aromatic carbocycles. The van der Waals surface area contributed by atoms with Crippen LogP contribution in [-0.2, 0) is 22.4 Å². The molecule has 1 heterocycles. The van der Waals surface area contributed by atoms with E-state index in [4.69, 9.17) is 25.8 Å². The molecule has 0 aromatic heterocycles. The highest BCUT2D eigenvalue weighted by Gasteiger charge is 2.37. The molecule has 1 aliphatic rings. The Morgan fingerprint density at radius 2 is 1.71 bits per heavy atom. The lowest BCUT2D eigenvalue weighted by Gasteiger charge is -2.16. The number of carbonyl (C=O) groups is 3. The fraction of sp³-hybridized carbons (Fsp3) is 0.207. The molecule has 0 aliphatic carbocycles. The Hall–Kier alpha value is -4.16. The number of imide groups is 1. The Labute approximate surface area is 248 Å². The van der Waals surface area contributed by atoms with Crippen LogP contribution < -0.4 is 19.5 Å². The van der Waals surface area contributed by atoms with Crippen LogP contribution in [0.1, 0.15) is 22.3 Å². The summed E-state index contributed by atoms with van der Waals surface area (Å²) >= 11 is 7.06. The van der Waals surface area contributed by atoms with Gasteiger partial charge in [-0.25, -0.2) is 0 Å². The molecule has 4 rings (SSSR count). The van der Waals surface area contributed by atoms with Crippen LogP contribution in [0.5, 0.6) is 17.2 Å². The minimum atomic E-state index is -4.65. The highest BCUT2D eigenvalue weighted by molar-refractivity contribution is 8.18. The minimum absolute atomic E-state index is 0.0101. The number of carbonyl (C=O) groups excluding carboxylic acids is 3. The molecule has 13 heteroatoms. The molecule has 1 saturated heterocycles. The predicted molar refractivity (Wildman–Crippen MR) is 153 cm³/mol. The second-order valence-electron chi connectivity index (χ2n) is 9.04. The van der Waals surface area contributed by atoms with Crippen LogP contribution in [-0.4, -0.2) is 42.7 Å². The van der Waals surface area contributed by atoms with Crippen molar-refractivity contribution in [3.63, 3.8) is 0 Å². The van der Waals surface area contributed by atoms with E-state index in [1.165, 1.54) is 26.4 Å². The van der Waals surface area contributed by atoms with Gasteiger partial charge in [-0.2, -0.15) is 13.2 Å². The molecular formula is C29H24ClF3N2O6S. The Bertz CT molecular complexity index is 1560. The van der Waals surface area contributed by atoms with Crippen LogP contribution in [0.25, 0.3) is 6.08 Å². The molecule has 0 saturated carbocycles. The molecule has 0 atom stereocenters. The number of thioether (sulfide) groups is 1. The molecule has 220 valence electrons. The van der Waals surface area contributed by atoms with Crippen LogP contribution in [0, 0.1) is 6.92 Å². The summed E-state index contributed by atoms with van der Waals surface area (Å²) in [4.78, 5) is 38.9. The first-order valence-electron chi connectivity index (χ1n) is 12.3. The van der Waals surface area contributed by atoms with Gasteiger partial charge in [-0.05, 0) is 66.2 Å². The lowest BCUT2D eigenvalue weighted by atomic mass is 10.1. The number of nitrogens with zero attached hydrogens (tertiary/aromatic N) is 1. The maximum atomic E-state index is 13.1. The second-order valence-corrected chi connectivity index (χ2v) is 10.4. The largest absolute Gasteiger partial charge is 0.495 e. The number of anilines is 1. The number of nitrogens with one attached hydrogen (secondary N) is 1. The van der Waals surface area contributed by atoms with Gasteiger partial charge in [0.15, 0.2) is 11.5 Å². The molecule has 42 heavy (non-hydrogen) atoms. The van der Waals surface area contributed by atoms with E-state index in [0.29, 0.717) is 39.8 Å². The third-order valence-electron chi connectivity index (χ3n) is 6.03. The summed E-state index contributed by atoms with van der Waals surface area (Å²) < 4.78 is 55.7. The number of ether oxygens (including phenoxy) is 3. The predicted octanol–water partition coefficient (Wildman–Crippen LogP) is 6.94. The second kappa shape index (κ2) is 12.8. The maximum absolute atomic E-state index is 13.1. The molecule has 8 nitrogen and oxygen atoms in total. The van der Waals surface area contributed by atoms with Gasteiger partial charge in [0, 0.05) is 0 Å². The molecule has 0 spiro atoms. The highest BCUT2D eigenvalue weighted by atomic mass is 35.5. The summed E-state index contributed by atoms with van der Waals surface area (Å²) in [6, 6.07) is 13.5. The van der Waals surface area contributed by atoms with Crippen LogP contribution in [0.15, 0.2) is 59.5 Å². The van der Waals surface area contributed by atoms with Crippen molar-refractivity contribution in [3.8, 4) is 17.2 Å². The zero-order chi connectivity index (χ0) is 30.6. The number of aryl methyl sites for hydroxylation is 1. The number of alkyl halides is 3. The Kier molecular flexibility index (Phi) is 9.37. The van der Waals surface area contributed by atoms with Gasteiger partial charge in [0.25, 0.3) is 11.1 Å². The molecule has 0 bridgehead atoms. The van der Waals surface area contributed by atoms with Gasteiger partial charge >= 0.3 is 6.18 Å². The van der Waals surface area contributed by atoms with Crippen molar-refractivity contribution in [2.75, 3.05) is 26.1 Å². The first-order chi connectivity index (χ1) is 19.9. The van der Waals surface area contributed by atoms with Crippen molar-refractivity contribution in [1.82, 2.24) is 4.90 Å². The van der Waals surface area contributed by atoms with Crippen LogP contribution in [0.4, 0.5) is 23.7 Å². The first kappa shape index (κ1) is 30.8. The van der Waals surface area contributed by atoms with E-state index < -0.39 is 35.3 Å². The molecule has 3 amide bonds. The third-order valence-corrected chi connectivity index (χ3v) is 7.22. The molecule has 3 aromatic rings. The summed E-state index contributed by atoms with van der Waals surface area (Å²) in [5.41, 5.74) is 1.20. The average molecular weight is 621 g/mol. The quantitative estimate of drug-likeness (QED) is 0.259. The Morgan fingerprint density at radius 1 is 1.02 bits per heavy atom. The number of hydrogen-bond acceptors (Lipinski definition) is 7. The summed E-state index contributed by atoms with van der Waals surface area (Å²) in [5, 5.41) is 1.76. The van der Waals surface area contributed by atoms with Gasteiger partial charge in [0.1, 0.15) is 18.9 Å². The van der Waals surface area contributed by atoms with Crippen molar-refractivity contribution in [1.29, 1.82) is 0 Å². The van der Waals surface area contributed by atoms with Crippen LogP contribution in [0.2, 0.25) is 5.02 Å². The first-order valence-corrected chi connectivity index (χ1v) is 13.5. The van der Waals surface area contributed by atoms with Gasteiger partial charge in [-0.15, -0.1) is 0 Å². The number of rotatable bonds is 9. The fourth-order valence-corrected chi connectivity index (χ4v) is 5.02. The standard InChI is InChI=1S/C29H24ClF3N2O6S/c1-16-4-6-17(7-5-16)15-41-26-20(30)10-18(11-23(26)40-3)12-24-27(37)35(28(38)42-24)14-25(36)34-21-13-19(29(31,32)33)8-9-22(21)39-2/h4-13H,14-15H2,1-3H3,(H,34,36)/b24-12-. The van der Waals surface area contributed by atoms with Crippen molar-refractivity contribution in [3.05, 3.63) is 86.8 Å². The van der Waals surface area contributed by atoms with Crippen LogP contribution >= 0.6 is 23.4 Å². The molecule has 1 fully saturated rings. The van der Waals surface area contributed by atoms with E-state index in [1.807, 2.05) is 31.2 Å². The average Bonchev–Trinajstić information content (AvgIpc) is 3.19. The van der Waals surface area contributed by atoms with Gasteiger partial charge in [0.2, 0.25) is 5.91 Å². The fourth-order valence-electron chi connectivity index (χ4n) is 3.91. The number of amides is 3. The van der Waals surface area contributed by atoms with E-state index in [-0.39, 0.29) is 28.0 Å². The van der Waals surface area contributed by atoms with E-state index in [1.54, 1.807) is 6.07 Å². The zero-order valence-corrected chi connectivity index (χ0v) is 24.1. The SMILES string of the molecule is COc1ccc(C(F)(F)F)cc1NC(=O)CN1C(=O)S/C(=C\c2cc(Cl)c(OCc3ccc(C)cc3)c(OC)c2)C1=O. The smallest absolute Gasteiger partial charge is 0.416 e. The van der Waals surface area contributed by atoms with E-state index in [9.17, 15) is 27.6 Å². The lowest BCUT2D eigenvalue weighted by Crippen LogP contribution is -2.36. The molecule has 1 N–H and O–H groups in total. The van der Waals surface area contributed by atoms with Gasteiger partial charge in [0.05, 0.1) is 35.4 Å². The van der Waals surface area contributed by atoms with Gasteiger partial charge in [-0.1, -0.05) is 41.4 Å². The number of halogens is 4. The zero-order valence-electron chi connectivity index (χ0n) is 22.5. The van der Waals surface area contributed by atoms with Crippen molar-refractivity contribution < 1.29 is 41.8 Å². The lowest BCUT2D eigenvalue weighted by molar-refractivity contribution is -0.137. The van der Waals surface area contributed by atoms with Gasteiger partial charge in [-0.3, -0.25) is 19.3 Å². The maximum Gasteiger partial charge on any atom is 0.416 e. The van der Waals surface area contributed by atoms with Crippen molar-refractivity contribution >= 4 is 52.2 Å². The summed E-state index contributed by atoms with van der Waals surface area (Å²) in [6.07, 6.45) is -3.24. The molecule has 0 unspecified atom stereocenters. The van der Waals surface area contributed by atoms with Gasteiger partial charge < -0.3 is 19.5 Å². The summed E-state index contributed by atoms with van der Waals surface area (Å²) in [7, 11) is 2.66. The normalized spacial score (nSPS) is 14.4. The molecule has 0 radical (unpaired) electrons. The Balaban J connectivity index is 1.48. The van der Waals surface area contributed by atoms with Crippen molar-refractivity contribution in [2.45, 2.75) is 19.7 Å². The van der Waals surface area contributed by atoms with E-state index in [0.717, 1.165) is 23.3 Å². The number of methoxy groups -OCH3 is 2. The summed E-state index contributed by atoms with van der Waals surface area (Å²) in [6.45, 7) is 1.49. The topological polar surface area (TPSA) is 94.2 Å². The molecular weight excluding hydrogens is 597 g/mol. The number of hydrogen-bond donors (Lipinski definition) is 1. The summed E-state index contributed by atoms with van der Waals surface area (Å²) in [5.74, 6) is -1.08. The highest BCUT2D eigenvalue weighted by Crippen LogP contribution is 2.40.